The second-order valence-corrected chi connectivity index (χ2v) is 3.99. The molecular formula is C14H14FN3O. The van der Waals surface area contributed by atoms with Gasteiger partial charge in [0.25, 0.3) is 5.91 Å². The number of nitrogens with one attached hydrogen (secondary N) is 2. The van der Waals surface area contributed by atoms with Crippen LogP contribution in [0.3, 0.4) is 0 Å². The van der Waals surface area contributed by atoms with Gasteiger partial charge in [0.05, 0.1) is 0 Å². The molecule has 2 N–H and O–H groups in total. The second kappa shape index (κ2) is 5.95. The molecule has 0 spiro atoms. The first-order chi connectivity index (χ1) is 9.19. The predicted octanol–water partition coefficient (Wildman–Crippen LogP) is 2.19. The number of benzene rings is 1. The van der Waals surface area contributed by atoms with Gasteiger partial charge in [-0.15, -0.1) is 0 Å². The van der Waals surface area contributed by atoms with Gasteiger partial charge in [0, 0.05) is 25.5 Å². The molecule has 0 aliphatic carbocycles. The highest BCUT2D eigenvalue weighted by Crippen LogP contribution is 2.10. The normalized spacial score (nSPS) is 10.0. The summed E-state index contributed by atoms with van der Waals surface area (Å²) in [6, 6.07) is 9.70. The summed E-state index contributed by atoms with van der Waals surface area (Å²) in [4.78, 5) is 15.4. The van der Waals surface area contributed by atoms with E-state index < -0.39 is 0 Å². The second-order valence-electron chi connectivity index (χ2n) is 3.99. The summed E-state index contributed by atoms with van der Waals surface area (Å²) in [7, 11) is 1.56. The third-order valence-electron chi connectivity index (χ3n) is 2.63. The molecule has 2 rings (SSSR count). The Kier molecular flexibility index (Phi) is 4.07. The fourth-order valence-corrected chi connectivity index (χ4v) is 1.60. The number of anilines is 1. The smallest absolute Gasteiger partial charge is 0.269 e. The van der Waals surface area contributed by atoms with Crippen molar-refractivity contribution in [2.75, 3.05) is 12.4 Å². The number of hydrogen-bond donors (Lipinski definition) is 2. The number of pyridine rings is 1. The first-order valence-electron chi connectivity index (χ1n) is 5.85. The van der Waals surface area contributed by atoms with Crippen LogP contribution in [0.15, 0.2) is 42.6 Å². The fraction of sp³-hybridized carbons (Fsp3) is 0.143. The van der Waals surface area contributed by atoms with E-state index in [1.54, 1.807) is 37.5 Å². The molecule has 1 heterocycles. The lowest BCUT2D eigenvalue weighted by molar-refractivity contribution is 0.0958. The van der Waals surface area contributed by atoms with Crippen LogP contribution in [0.2, 0.25) is 0 Å². The molecule has 0 radical (unpaired) electrons. The molecule has 2 aromatic rings. The van der Waals surface area contributed by atoms with Crippen LogP contribution >= 0.6 is 0 Å². The number of halogens is 1. The molecular weight excluding hydrogens is 245 g/mol. The molecule has 1 amide bonds. The number of carbonyl (C=O) groups excluding carboxylic acids is 1. The average Bonchev–Trinajstić information content (AvgIpc) is 2.46. The van der Waals surface area contributed by atoms with Gasteiger partial charge in [-0.1, -0.05) is 12.1 Å². The number of carbonyl (C=O) groups is 1. The third-order valence-corrected chi connectivity index (χ3v) is 2.63. The van der Waals surface area contributed by atoms with Gasteiger partial charge < -0.3 is 10.6 Å². The van der Waals surface area contributed by atoms with Crippen LogP contribution in [0, 0.1) is 5.82 Å². The van der Waals surface area contributed by atoms with Gasteiger partial charge in [0.2, 0.25) is 0 Å². The number of aromatic nitrogens is 1. The van der Waals surface area contributed by atoms with Crippen LogP contribution in [-0.2, 0) is 6.54 Å². The Morgan fingerprint density at radius 3 is 2.68 bits per heavy atom. The van der Waals surface area contributed by atoms with E-state index in [0.29, 0.717) is 12.2 Å². The zero-order valence-corrected chi connectivity index (χ0v) is 10.5. The summed E-state index contributed by atoms with van der Waals surface area (Å²) in [6.45, 7) is 0.553. The highest BCUT2D eigenvalue weighted by molar-refractivity contribution is 5.92. The summed E-state index contributed by atoms with van der Waals surface area (Å²) in [5, 5.41) is 5.67. The molecule has 98 valence electrons. The Morgan fingerprint density at radius 2 is 2.00 bits per heavy atom. The van der Waals surface area contributed by atoms with Crippen molar-refractivity contribution in [2.24, 2.45) is 0 Å². The monoisotopic (exact) mass is 259 g/mol. The Bertz CT molecular complexity index is 569. The summed E-state index contributed by atoms with van der Waals surface area (Å²) in [6.07, 6.45) is 1.57. The maximum Gasteiger partial charge on any atom is 0.269 e. The van der Waals surface area contributed by atoms with Crippen LogP contribution in [0.5, 0.6) is 0 Å². The summed E-state index contributed by atoms with van der Waals surface area (Å²) in [5.74, 6) is -0.486. The van der Waals surface area contributed by atoms with Gasteiger partial charge >= 0.3 is 0 Å². The average molecular weight is 259 g/mol. The topological polar surface area (TPSA) is 54.0 Å². The molecule has 0 aliphatic heterocycles. The van der Waals surface area contributed by atoms with Crippen LogP contribution in [-0.4, -0.2) is 17.9 Å². The molecule has 1 aromatic carbocycles. The zero-order valence-electron chi connectivity index (χ0n) is 10.5. The minimum absolute atomic E-state index is 0.231. The molecule has 4 nitrogen and oxygen atoms in total. The number of nitrogens with zero attached hydrogens (tertiary/aromatic N) is 1. The highest BCUT2D eigenvalue weighted by Gasteiger charge is 2.05. The lowest BCUT2D eigenvalue weighted by Crippen LogP contribution is -2.19. The van der Waals surface area contributed by atoms with Crippen LogP contribution in [0.4, 0.5) is 10.1 Å². The SMILES string of the molecule is CNC(=O)c1cc(NCc2ccc(F)cc2)ccn1. The van der Waals surface area contributed by atoms with E-state index in [-0.39, 0.29) is 11.7 Å². The number of hydrogen-bond acceptors (Lipinski definition) is 3. The number of rotatable bonds is 4. The first kappa shape index (κ1) is 13.0. The standard InChI is InChI=1S/C14H14FN3O/c1-16-14(19)13-8-12(6-7-17-13)18-9-10-2-4-11(15)5-3-10/h2-8H,9H2,1H3,(H,16,19)(H,17,18). The van der Waals surface area contributed by atoms with E-state index in [4.69, 9.17) is 0 Å². The maximum absolute atomic E-state index is 12.8. The fourth-order valence-electron chi connectivity index (χ4n) is 1.60. The largest absolute Gasteiger partial charge is 0.381 e. The van der Waals surface area contributed by atoms with Crippen molar-refractivity contribution < 1.29 is 9.18 Å². The van der Waals surface area contributed by atoms with Crippen LogP contribution in [0.1, 0.15) is 16.1 Å². The van der Waals surface area contributed by atoms with Gasteiger partial charge in [0.1, 0.15) is 11.5 Å². The van der Waals surface area contributed by atoms with E-state index in [0.717, 1.165) is 11.3 Å². The van der Waals surface area contributed by atoms with Crippen molar-refractivity contribution in [2.45, 2.75) is 6.54 Å². The van der Waals surface area contributed by atoms with Crippen molar-refractivity contribution in [1.29, 1.82) is 0 Å². The van der Waals surface area contributed by atoms with Gasteiger partial charge in [-0.05, 0) is 29.8 Å². The molecule has 5 heteroatoms. The van der Waals surface area contributed by atoms with Gasteiger partial charge in [-0.2, -0.15) is 0 Å². The zero-order chi connectivity index (χ0) is 13.7. The molecule has 19 heavy (non-hydrogen) atoms. The Morgan fingerprint density at radius 1 is 1.26 bits per heavy atom. The molecule has 1 aromatic heterocycles. The Hall–Kier alpha value is -2.43. The maximum atomic E-state index is 12.8. The van der Waals surface area contributed by atoms with Gasteiger partial charge in [0.15, 0.2) is 0 Å². The summed E-state index contributed by atoms with van der Waals surface area (Å²) in [5.41, 5.74) is 2.10. The molecule has 0 saturated heterocycles. The van der Waals surface area contributed by atoms with Gasteiger partial charge in [-0.25, -0.2) is 4.39 Å². The third kappa shape index (κ3) is 3.51. The highest BCUT2D eigenvalue weighted by atomic mass is 19.1. The molecule has 0 saturated carbocycles. The molecule has 0 bridgehead atoms. The molecule has 0 atom stereocenters. The quantitative estimate of drug-likeness (QED) is 0.885. The van der Waals surface area contributed by atoms with E-state index in [1.165, 1.54) is 12.1 Å². The van der Waals surface area contributed by atoms with Crippen LogP contribution in [0.25, 0.3) is 0 Å². The summed E-state index contributed by atoms with van der Waals surface area (Å²) >= 11 is 0. The summed E-state index contributed by atoms with van der Waals surface area (Å²) < 4.78 is 12.8. The van der Waals surface area contributed by atoms with E-state index >= 15 is 0 Å². The predicted molar refractivity (Wildman–Crippen MR) is 71.4 cm³/mol. The first-order valence-corrected chi connectivity index (χ1v) is 5.85. The Labute approximate surface area is 110 Å². The van der Waals surface area contributed by atoms with E-state index in [1.807, 2.05) is 0 Å². The molecule has 0 fully saturated rings. The van der Waals surface area contributed by atoms with E-state index in [9.17, 15) is 9.18 Å². The molecule has 0 unspecified atom stereocenters. The van der Waals surface area contributed by atoms with Crippen LogP contribution < -0.4 is 10.6 Å². The van der Waals surface area contributed by atoms with Crippen molar-refractivity contribution >= 4 is 11.6 Å². The van der Waals surface area contributed by atoms with Gasteiger partial charge in [-0.3, -0.25) is 9.78 Å². The lowest BCUT2D eigenvalue weighted by Gasteiger charge is -2.07. The van der Waals surface area contributed by atoms with Crippen molar-refractivity contribution in [3.8, 4) is 0 Å². The Balaban J connectivity index is 2.03. The van der Waals surface area contributed by atoms with Crippen molar-refractivity contribution in [1.82, 2.24) is 10.3 Å². The van der Waals surface area contributed by atoms with E-state index in [2.05, 4.69) is 15.6 Å². The van der Waals surface area contributed by atoms with Crippen molar-refractivity contribution in [3.05, 3.63) is 59.7 Å². The minimum atomic E-state index is -0.255. The number of amides is 1. The van der Waals surface area contributed by atoms with Crippen molar-refractivity contribution in [3.63, 3.8) is 0 Å². The molecule has 0 aliphatic rings. The minimum Gasteiger partial charge on any atom is -0.381 e. The lowest BCUT2D eigenvalue weighted by atomic mass is 10.2.